The molecule has 0 aromatic heterocycles. The summed E-state index contributed by atoms with van der Waals surface area (Å²) < 4.78 is 5.64. The minimum Gasteiger partial charge on any atom is -0.454 e. The third kappa shape index (κ3) is 3.74. The largest absolute Gasteiger partial charge is 0.454 e. The van der Waals surface area contributed by atoms with E-state index >= 15 is 0 Å². The van der Waals surface area contributed by atoms with Crippen LogP contribution in [0.15, 0.2) is 91.0 Å². The number of Topliss-reactive ketones (excluding diaryl/α,β-unsaturated/α-hetero) is 1. The van der Waals surface area contributed by atoms with Gasteiger partial charge in [0.15, 0.2) is 12.4 Å². The molecule has 3 aromatic carbocycles. The number of carbonyl (C=O) groups is 2. The summed E-state index contributed by atoms with van der Waals surface area (Å²) in [5.41, 5.74) is 6.97. The van der Waals surface area contributed by atoms with E-state index in [0.29, 0.717) is 28.9 Å². The number of allylic oxidation sites excluding steroid dienone is 4. The van der Waals surface area contributed by atoms with E-state index in [9.17, 15) is 9.59 Å². The van der Waals surface area contributed by atoms with Gasteiger partial charge in [-0.3, -0.25) is 4.79 Å². The van der Waals surface area contributed by atoms with Gasteiger partial charge < -0.3 is 9.64 Å². The molecule has 0 amide bonds. The van der Waals surface area contributed by atoms with Crippen LogP contribution < -0.4 is 4.90 Å². The standard InChI is InChI=1S/C33H29NO3/c35-30(23-14-12-22(13-15-23)21-6-2-1-3-7-21)20-37-33(36)29-17-16-28-26-10-4-8-24(26)18-34-19-25-9-5-11-27(25)31(29)32(28)34/h1-7,10-17,24-27H,8-9,18-20H2/t24-,25+,26+,27-/m0/s1. The molecule has 2 heterocycles. The van der Waals surface area contributed by atoms with E-state index in [1.54, 1.807) is 12.1 Å². The van der Waals surface area contributed by atoms with Gasteiger partial charge in [0, 0.05) is 36.2 Å². The van der Waals surface area contributed by atoms with Crippen LogP contribution >= 0.6 is 0 Å². The highest BCUT2D eigenvalue weighted by Crippen LogP contribution is 2.53. The fraction of sp³-hybridized carbons (Fsp3) is 0.273. The summed E-state index contributed by atoms with van der Waals surface area (Å²) in [5.74, 6) is 1.17. The maximum atomic E-state index is 13.4. The lowest BCUT2D eigenvalue weighted by Crippen LogP contribution is -2.44. The smallest absolute Gasteiger partial charge is 0.338 e. The Balaban J connectivity index is 1.13. The zero-order valence-electron chi connectivity index (χ0n) is 20.7. The predicted octanol–water partition coefficient (Wildman–Crippen LogP) is 6.55. The van der Waals surface area contributed by atoms with E-state index in [0.717, 1.165) is 42.6 Å². The van der Waals surface area contributed by atoms with Crippen LogP contribution in [0.3, 0.4) is 0 Å². The Labute approximate surface area is 217 Å². The molecule has 4 nitrogen and oxygen atoms in total. The summed E-state index contributed by atoms with van der Waals surface area (Å²) in [6, 6.07) is 21.6. The lowest BCUT2D eigenvalue weighted by Gasteiger charge is -2.46. The first kappa shape index (κ1) is 22.3. The fourth-order valence-electron chi connectivity index (χ4n) is 6.83. The molecule has 2 aliphatic heterocycles. The Kier molecular flexibility index (Phi) is 5.35. The first-order chi connectivity index (χ1) is 18.2. The molecule has 4 atom stereocenters. The molecule has 184 valence electrons. The van der Waals surface area contributed by atoms with Crippen molar-refractivity contribution in [3.8, 4) is 11.1 Å². The molecular weight excluding hydrogens is 458 g/mol. The van der Waals surface area contributed by atoms with Crippen molar-refractivity contribution >= 4 is 17.4 Å². The zero-order valence-corrected chi connectivity index (χ0v) is 20.7. The highest BCUT2D eigenvalue weighted by molar-refractivity contribution is 6.00. The number of ether oxygens (including phenoxy) is 1. The molecule has 2 aliphatic carbocycles. The third-order valence-corrected chi connectivity index (χ3v) is 8.62. The SMILES string of the molecule is O=C(COC(=O)c1ccc2c3c1[C@H]1C=CC[C@@H]1CN3C[C@@H]1CC=C[C@@H]21)c1ccc(-c2ccccc2)cc1. The van der Waals surface area contributed by atoms with Crippen LogP contribution in [-0.2, 0) is 4.74 Å². The molecular formula is C33H29NO3. The lowest BCUT2D eigenvalue weighted by molar-refractivity contribution is 0.0473. The van der Waals surface area contributed by atoms with Gasteiger partial charge >= 0.3 is 5.97 Å². The van der Waals surface area contributed by atoms with Gasteiger partial charge in [-0.2, -0.15) is 0 Å². The molecule has 0 fully saturated rings. The van der Waals surface area contributed by atoms with Gasteiger partial charge in [-0.1, -0.05) is 85.0 Å². The van der Waals surface area contributed by atoms with Crippen molar-refractivity contribution in [2.24, 2.45) is 11.8 Å². The van der Waals surface area contributed by atoms with Crippen LogP contribution in [0.4, 0.5) is 5.69 Å². The van der Waals surface area contributed by atoms with Gasteiger partial charge in [-0.15, -0.1) is 0 Å². The van der Waals surface area contributed by atoms with E-state index in [2.05, 4.69) is 35.3 Å². The first-order valence-electron chi connectivity index (χ1n) is 13.3. The van der Waals surface area contributed by atoms with E-state index in [1.165, 1.54) is 11.3 Å². The van der Waals surface area contributed by atoms with E-state index in [1.807, 2.05) is 48.5 Å². The Morgan fingerprint density at radius 3 is 2.22 bits per heavy atom. The molecule has 0 saturated carbocycles. The van der Waals surface area contributed by atoms with Crippen LogP contribution in [0.25, 0.3) is 11.1 Å². The number of benzene rings is 3. The highest BCUT2D eigenvalue weighted by atomic mass is 16.5. The summed E-state index contributed by atoms with van der Waals surface area (Å²) in [7, 11) is 0. The Morgan fingerprint density at radius 2 is 1.46 bits per heavy atom. The Morgan fingerprint density at radius 1 is 0.784 bits per heavy atom. The molecule has 0 saturated heterocycles. The van der Waals surface area contributed by atoms with Gasteiger partial charge in [-0.05, 0) is 53.0 Å². The quantitative estimate of drug-likeness (QED) is 0.233. The van der Waals surface area contributed by atoms with Gasteiger partial charge in [0.05, 0.1) is 5.56 Å². The van der Waals surface area contributed by atoms with Crippen LogP contribution in [0.1, 0.15) is 56.5 Å². The van der Waals surface area contributed by atoms with Crippen molar-refractivity contribution in [1.82, 2.24) is 0 Å². The molecule has 0 spiro atoms. The summed E-state index contributed by atoms with van der Waals surface area (Å²) in [5, 5.41) is 0. The van der Waals surface area contributed by atoms with E-state index in [4.69, 9.17) is 4.74 Å². The molecule has 3 aromatic rings. The zero-order chi connectivity index (χ0) is 24.9. The number of ketones is 1. The second kappa shape index (κ2) is 8.88. The van der Waals surface area contributed by atoms with Crippen molar-refractivity contribution in [3.63, 3.8) is 0 Å². The van der Waals surface area contributed by atoms with Gasteiger partial charge in [0.1, 0.15) is 0 Å². The maximum Gasteiger partial charge on any atom is 0.338 e. The summed E-state index contributed by atoms with van der Waals surface area (Å²) in [6.07, 6.45) is 11.3. The average molecular weight is 488 g/mol. The van der Waals surface area contributed by atoms with Gasteiger partial charge in [-0.25, -0.2) is 4.79 Å². The molecule has 0 unspecified atom stereocenters. The van der Waals surface area contributed by atoms with E-state index < -0.39 is 5.97 Å². The summed E-state index contributed by atoms with van der Waals surface area (Å²) >= 11 is 0. The molecule has 4 heteroatoms. The Hall–Kier alpha value is -3.92. The van der Waals surface area contributed by atoms with Crippen molar-refractivity contribution < 1.29 is 14.3 Å². The molecule has 0 bridgehead atoms. The van der Waals surface area contributed by atoms with Gasteiger partial charge in [0.25, 0.3) is 0 Å². The van der Waals surface area contributed by atoms with Crippen LogP contribution in [0, 0.1) is 11.8 Å². The van der Waals surface area contributed by atoms with Crippen molar-refractivity contribution in [2.75, 3.05) is 24.6 Å². The fourth-order valence-corrected chi connectivity index (χ4v) is 6.83. The van der Waals surface area contributed by atoms with Crippen molar-refractivity contribution in [2.45, 2.75) is 24.7 Å². The minimum absolute atomic E-state index is 0.196. The van der Waals surface area contributed by atoms with Gasteiger partial charge in [0.2, 0.25) is 0 Å². The second-order valence-electron chi connectivity index (χ2n) is 10.7. The highest BCUT2D eigenvalue weighted by Gasteiger charge is 2.44. The molecule has 4 aliphatic rings. The number of fused-ring (bicyclic) bond motifs is 4. The normalized spacial score (nSPS) is 24.4. The van der Waals surface area contributed by atoms with Crippen molar-refractivity contribution in [3.05, 3.63) is 113 Å². The van der Waals surface area contributed by atoms with Crippen LogP contribution in [0.5, 0.6) is 0 Å². The number of hydrogen-bond donors (Lipinski definition) is 0. The molecule has 37 heavy (non-hydrogen) atoms. The number of hydrogen-bond acceptors (Lipinski definition) is 4. The Bertz CT molecular complexity index is 1430. The average Bonchev–Trinajstić information content (AvgIpc) is 3.62. The predicted molar refractivity (Wildman–Crippen MR) is 145 cm³/mol. The lowest BCUT2D eigenvalue weighted by atomic mass is 9.73. The second-order valence-corrected chi connectivity index (χ2v) is 10.7. The number of carbonyl (C=O) groups excluding carboxylic acids is 2. The van der Waals surface area contributed by atoms with Crippen LogP contribution in [-0.4, -0.2) is 31.4 Å². The topological polar surface area (TPSA) is 46.6 Å². The molecule has 0 radical (unpaired) electrons. The summed E-state index contributed by atoms with van der Waals surface area (Å²) in [6.45, 7) is 1.81. The minimum atomic E-state index is -0.406. The number of rotatable bonds is 5. The van der Waals surface area contributed by atoms with Crippen LogP contribution in [0.2, 0.25) is 0 Å². The molecule has 0 N–H and O–H groups in total. The third-order valence-electron chi connectivity index (χ3n) is 8.62. The number of anilines is 1. The molecule has 7 rings (SSSR count). The summed E-state index contributed by atoms with van der Waals surface area (Å²) in [4.78, 5) is 28.8. The van der Waals surface area contributed by atoms with Crippen molar-refractivity contribution in [1.29, 1.82) is 0 Å². The van der Waals surface area contributed by atoms with E-state index in [-0.39, 0.29) is 18.3 Å². The number of esters is 1. The first-order valence-corrected chi connectivity index (χ1v) is 13.3. The number of nitrogens with zero attached hydrogens (tertiary/aromatic N) is 1. The maximum absolute atomic E-state index is 13.4. The monoisotopic (exact) mass is 487 g/mol.